The lowest BCUT2D eigenvalue weighted by Crippen LogP contribution is -2.53. The van der Waals surface area contributed by atoms with Gasteiger partial charge in [0.25, 0.3) is 10.0 Å². The number of nitrogens with one attached hydrogen (secondary N) is 1. The number of aryl methyl sites for hydroxylation is 2. The topological polar surface area (TPSA) is 96.0 Å². The number of hydrogen-bond acceptors (Lipinski definition) is 5. The Morgan fingerprint density at radius 3 is 2.37 bits per heavy atom. The molecule has 0 heterocycles. The molecule has 1 N–H and O–H groups in total. The van der Waals surface area contributed by atoms with Crippen molar-refractivity contribution in [3.63, 3.8) is 0 Å². The summed E-state index contributed by atoms with van der Waals surface area (Å²) >= 11 is 6.32. The minimum atomic E-state index is -4.18. The summed E-state index contributed by atoms with van der Waals surface area (Å²) in [6.45, 7) is 4.88. The minimum Gasteiger partial charge on any atom is -0.497 e. The predicted octanol–water partition coefficient (Wildman–Crippen LogP) is 6.03. The molecule has 1 atom stereocenters. The van der Waals surface area contributed by atoms with Gasteiger partial charge in [-0.25, -0.2) is 8.42 Å². The summed E-state index contributed by atoms with van der Waals surface area (Å²) in [7, 11) is -2.63. The van der Waals surface area contributed by atoms with Gasteiger partial charge in [-0.2, -0.15) is 0 Å². The molecule has 1 saturated carbocycles. The normalized spacial score (nSPS) is 14.5. The number of amides is 2. The van der Waals surface area contributed by atoms with Gasteiger partial charge in [-0.3, -0.25) is 13.9 Å². The van der Waals surface area contributed by atoms with Gasteiger partial charge in [-0.05, 0) is 81.1 Å². The first kappa shape index (κ1) is 32.4. The first-order chi connectivity index (χ1) is 20.5. The molecule has 1 aliphatic carbocycles. The second-order valence-electron chi connectivity index (χ2n) is 11.1. The van der Waals surface area contributed by atoms with E-state index in [0.29, 0.717) is 22.0 Å². The third-order valence-electron chi connectivity index (χ3n) is 7.93. The molecular formula is C33H40ClN3O5S. The minimum absolute atomic E-state index is 0.0488. The predicted molar refractivity (Wildman–Crippen MR) is 170 cm³/mol. The Hall–Kier alpha value is -3.56. The Morgan fingerprint density at radius 2 is 1.70 bits per heavy atom. The number of ether oxygens (including phenoxy) is 1. The Balaban J connectivity index is 1.71. The highest BCUT2D eigenvalue weighted by Crippen LogP contribution is 2.30. The highest BCUT2D eigenvalue weighted by Gasteiger charge is 2.34. The summed E-state index contributed by atoms with van der Waals surface area (Å²) in [6, 6.07) is 17.9. The van der Waals surface area contributed by atoms with Crippen LogP contribution in [0.15, 0.2) is 71.6 Å². The van der Waals surface area contributed by atoms with Crippen molar-refractivity contribution in [2.75, 3.05) is 18.0 Å². The maximum absolute atomic E-state index is 14.2. The summed E-state index contributed by atoms with van der Waals surface area (Å²) < 4.78 is 34.6. The van der Waals surface area contributed by atoms with Gasteiger partial charge < -0.3 is 15.0 Å². The summed E-state index contributed by atoms with van der Waals surface area (Å²) in [5.74, 6) is -0.179. The SMILES string of the molecule is COc1cccc(CN(C(=O)CN(c2cc(Cl)ccc2C)S(=O)(=O)c2ccc(C)cc2)[C@H](C)C(=O)NC2CCCCC2)c1. The fourth-order valence-corrected chi connectivity index (χ4v) is 6.96. The number of anilines is 1. The lowest BCUT2D eigenvalue weighted by Gasteiger charge is -2.33. The lowest BCUT2D eigenvalue weighted by atomic mass is 9.95. The molecule has 0 spiro atoms. The van der Waals surface area contributed by atoms with Gasteiger partial charge in [-0.15, -0.1) is 0 Å². The second kappa shape index (κ2) is 14.3. The van der Waals surface area contributed by atoms with Gasteiger partial charge in [0.2, 0.25) is 11.8 Å². The van der Waals surface area contributed by atoms with Crippen molar-refractivity contribution in [3.05, 3.63) is 88.4 Å². The second-order valence-corrected chi connectivity index (χ2v) is 13.4. The fourth-order valence-electron chi connectivity index (χ4n) is 5.32. The summed E-state index contributed by atoms with van der Waals surface area (Å²) in [5.41, 5.74) is 2.58. The molecule has 0 radical (unpaired) electrons. The quantitative estimate of drug-likeness (QED) is 0.281. The van der Waals surface area contributed by atoms with E-state index in [1.165, 1.54) is 17.0 Å². The molecule has 8 nitrogen and oxygen atoms in total. The Bertz CT molecular complexity index is 1540. The molecular weight excluding hydrogens is 586 g/mol. The molecule has 43 heavy (non-hydrogen) atoms. The van der Waals surface area contributed by atoms with Crippen molar-refractivity contribution in [2.45, 2.75) is 76.4 Å². The van der Waals surface area contributed by atoms with Crippen LogP contribution in [0.1, 0.15) is 55.7 Å². The molecule has 0 aromatic heterocycles. The number of methoxy groups -OCH3 is 1. The Labute approximate surface area is 260 Å². The van der Waals surface area contributed by atoms with E-state index in [0.717, 1.165) is 47.5 Å². The number of sulfonamides is 1. The van der Waals surface area contributed by atoms with Crippen LogP contribution >= 0.6 is 11.6 Å². The van der Waals surface area contributed by atoms with Crippen molar-refractivity contribution in [1.82, 2.24) is 10.2 Å². The maximum Gasteiger partial charge on any atom is 0.264 e. The van der Waals surface area contributed by atoms with Crippen LogP contribution in [0.5, 0.6) is 5.75 Å². The molecule has 0 unspecified atom stereocenters. The lowest BCUT2D eigenvalue weighted by molar-refractivity contribution is -0.139. The van der Waals surface area contributed by atoms with Crippen LogP contribution in [0.3, 0.4) is 0 Å². The highest BCUT2D eigenvalue weighted by molar-refractivity contribution is 7.92. The van der Waals surface area contributed by atoms with Crippen molar-refractivity contribution in [1.29, 1.82) is 0 Å². The van der Waals surface area contributed by atoms with Gasteiger partial charge in [0.1, 0.15) is 18.3 Å². The van der Waals surface area contributed by atoms with Crippen LogP contribution in [0.2, 0.25) is 5.02 Å². The van der Waals surface area contributed by atoms with Crippen LogP contribution in [-0.2, 0) is 26.2 Å². The highest BCUT2D eigenvalue weighted by atomic mass is 35.5. The standard InChI is InChI=1S/C33H40ClN3O5S/c1-23-13-17-30(18-14-23)43(40,41)37(31-20-27(34)16-15-24(31)2)22-32(38)36(21-26-9-8-12-29(19-26)42-4)25(3)33(39)35-28-10-6-5-7-11-28/h8-9,12-20,25,28H,5-7,10-11,21-22H2,1-4H3,(H,35,39)/t25-/m1/s1. The van der Waals surface area contributed by atoms with Gasteiger partial charge in [0, 0.05) is 17.6 Å². The zero-order chi connectivity index (χ0) is 31.1. The van der Waals surface area contributed by atoms with E-state index in [1.807, 2.05) is 19.1 Å². The van der Waals surface area contributed by atoms with Gasteiger partial charge in [0.05, 0.1) is 17.7 Å². The number of benzene rings is 3. The molecule has 3 aromatic carbocycles. The monoisotopic (exact) mass is 625 g/mol. The average Bonchev–Trinajstić information content (AvgIpc) is 3.00. The molecule has 4 rings (SSSR count). The zero-order valence-electron chi connectivity index (χ0n) is 25.2. The Morgan fingerprint density at radius 1 is 1.00 bits per heavy atom. The van der Waals surface area contributed by atoms with Gasteiger partial charge in [0.15, 0.2) is 0 Å². The fraction of sp³-hybridized carbons (Fsp3) is 0.394. The van der Waals surface area contributed by atoms with E-state index in [4.69, 9.17) is 16.3 Å². The van der Waals surface area contributed by atoms with E-state index >= 15 is 0 Å². The Kier molecular flexibility index (Phi) is 10.7. The summed E-state index contributed by atoms with van der Waals surface area (Å²) in [4.78, 5) is 29.2. The largest absolute Gasteiger partial charge is 0.497 e. The van der Waals surface area contributed by atoms with Crippen molar-refractivity contribution in [3.8, 4) is 5.75 Å². The third-order valence-corrected chi connectivity index (χ3v) is 9.94. The first-order valence-electron chi connectivity index (χ1n) is 14.6. The van der Waals surface area contributed by atoms with E-state index in [9.17, 15) is 18.0 Å². The molecule has 1 fully saturated rings. The van der Waals surface area contributed by atoms with Crippen molar-refractivity contribution in [2.24, 2.45) is 0 Å². The van der Waals surface area contributed by atoms with Crippen LogP contribution in [0.4, 0.5) is 5.69 Å². The smallest absolute Gasteiger partial charge is 0.264 e. The summed E-state index contributed by atoms with van der Waals surface area (Å²) in [6.07, 6.45) is 5.06. The van der Waals surface area contributed by atoms with E-state index in [1.54, 1.807) is 63.4 Å². The van der Waals surface area contributed by atoms with Gasteiger partial charge in [-0.1, -0.05) is 66.8 Å². The van der Waals surface area contributed by atoms with Gasteiger partial charge >= 0.3 is 0 Å². The van der Waals surface area contributed by atoms with Crippen LogP contribution in [-0.4, -0.2) is 50.9 Å². The molecule has 3 aromatic rings. The van der Waals surface area contributed by atoms with Crippen molar-refractivity contribution >= 4 is 39.1 Å². The molecule has 2 amide bonds. The van der Waals surface area contributed by atoms with Crippen LogP contribution in [0.25, 0.3) is 0 Å². The molecule has 1 aliphatic rings. The number of nitrogens with zero attached hydrogens (tertiary/aromatic N) is 2. The first-order valence-corrected chi connectivity index (χ1v) is 16.4. The number of hydrogen-bond donors (Lipinski definition) is 1. The maximum atomic E-state index is 14.2. The number of rotatable bonds is 11. The zero-order valence-corrected chi connectivity index (χ0v) is 26.7. The molecule has 0 aliphatic heterocycles. The molecule has 230 valence electrons. The molecule has 10 heteroatoms. The summed E-state index contributed by atoms with van der Waals surface area (Å²) in [5, 5.41) is 3.46. The third kappa shape index (κ3) is 8.09. The number of halogens is 1. The number of carbonyl (C=O) groups is 2. The van der Waals surface area contributed by atoms with E-state index in [-0.39, 0.29) is 23.4 Å². The van der Waals surface area contributed by atoms with E-state index < -0.39 is 28.5 Å². The molecule has 0 bridgehead atoms. The van der Waals surface area contributed by atoms with Crippen LogP contribution in [0, 0.1) is 13.8 Å². The number of carbonyl (C=O) groups excluding carboxylic acids is 2. The van der Waals surface area contributed by atoms with E-state index in [2.05, 4.69) is 5.32 Å². The van der Waals surface area contributed by atoms with Crippen LogP contribution < -0.4 is 14.4 Å². The molecule has 0 saturated heterocycles. The average molecular weight is 626 g/mol. The van der Waals surface area contributed by atoms with Crippen molar-refractivity contribution < 1.29 is 22.7 Å².